The van der Waals surface area contributed by atoms with E-state index < -0.39 is 0 Å². The molecule has 0 radical (unpaired) electrons. The van der Waals surface area contributed by atoms with Crippen LogP contribution in [-0.2, 0) is 23.1 Å². The minimum atomic E-state index is 0.298. The predicted octanol–water partition coefficient (Wildman–Crippen LogP) is 2.66. The van der Waals surface area contributed by atoms with E-state index in [9.17, 15) is 4.79 Å². The Bertz CT molecular complexity index is 481. The maximum Gasteiger partial charge on any atom is 0.222 e. The zero-order valence-corrected chi connectivity index (χ0v) is 15.4. The molecule has 24 heavy (non-hydrogen) atoms. The van der Waals surface area contributed by atoms with Gasteiger partial charge in [-0.2, -0.15) is 0 Å². The van der Waals surface area contributed by atoms with Gasteiger partial charge >= 0.3 is 0 Å². The van der Waals surface area contributed by atoms with Crippen molar-refractivity contribution in [1.29, 1.82) is 0 Å². The summed E-state index contributed by atoms with van der Waals surface area (Å²) in [5.41, 5.74) is 1.20. The fourth-order valence-corrected chi connectivity index (χ4v) is 3.14. The summed E-state index contributed by atoms with van der Waals surface area (Å²) in [5, 5.41) is 0. The van der Waals surface area contributed by atoms with Crippen LogP contribution in [0.5, 0.6) is 0 Å². The molecule has 0 saturated carbocycles. The molecule has 1 aromatic heterocycles. The molecule has 5 heteroatoms. The van der Waals surface area contributed by atoms with E-state index in [0.29, 0.717) is 12.3 Å². The number of hydrogen-bond acceptors (Lipinski definition) is 3. The van der Waals surface area contributed by atoms with Crippen molar-refractivity contribution in [2.24, 2.45) is 7.05 Å². The second-order valence-electron chi connectivity index (χ2n) is 6.69. The zero-order chi connectivity index (χ0) is 17.2. The first-order valence-electron chi connectivity index (χ1n) is 9.38. The van der Waals surface area contributed by atoms with Gasteiger partial charge in [0.05, 0.1) is 19.8 Å². The number of carbonyl (C=O) groups is 1. The van der Waals surface area contributed by atoms with Crippen molar-refractivity contribution >= 4 is 5.91 Å². The first-order valence-corrected chi connectivity index (χ1v) is 9.38. The Hall–Kier alpha value is -1.33. The minimum absolute atomic E-state index is 0.298. The molecule has 1 saturated heterocycles. The highest BCUT2D eigenvalue weighted by Gasteiger charge is 2.16. The van der Waals surface area contributed by atoms with Gasteiger partial charge in [0.25, 0.3) is 0 Å². The van der Waals surface area contributed by atoms with Crippen molar-refractivity contribution in [3.8, 4) is 0 Å². The van der Waals surface area contributed by atoms with Gasteiger partial charge in [0.1, 0.15) is 0 Å². The summed E-state index contributed by atoms with van der Waals surface area (Å²) >= 11 is 0. The highest BCUT2D eigenvalue weighted by atomic mass is 16.5. The van der Waals surface area contributed by atoms with Gasteiger partial charge in [-0.15, -0.1) is 0 Å². The molecule has 2 rings (SSSR count). The lowest BCUT2D eigenvalue weighted by molar-refractivity contribution is -0.132. The number of ether oxygens (including phenoxy) is 1. The Morgan fingerprint density at radius 2 is 2.04 bits per heavy atom. The highest BCUT2D eigenvalue weighted by Crippen LogP contribution is 2.10. The van der Waals surface area contributed by atoms with Crippen LogP contribution in [0, 0.1) is 0 Å². The molecular weight excluding hydrogens is 302 g/mol. The van der Waals surface area contributed by atoms with Crippen molar-refractivity contribution in [3.63, 3.8) is 0 Å². The summed E-state index contributed by atoms with van der Waals surface area (Å²) in [6.07, 6.45) is 7.05. The number of amides is 1. The zero-order valence-electron chi connectivity index (χ0n) is 15.4. The Kier molecular flexibility index (Phi) is 8.33. The maximum atomic E-state index is 12.6. The SMILES string of the molecule is CCCCCC(=O)N(CCCN1CCOCC1)Cc1cccn1C. The summed E-state index contributed by atoms with van der Waals surface area (Å²) in [6.45, 7) is 8.49. The third-order valence-electron chi connectivity index (χ3n) is 4.76. The number of carbonyl (C=O) groups excluding carboxylic acids is 1. The molecule has 0 atom stereocenters. The number of unbranched alkanes of at least 4 members (excludes halogenated alkanes) is 2. The first kappa shape index (κ1) is 19.0. The van der Waals surface area contributed by atoms with E-state index >= 15 is 0 Å². The van der Waals surface area contributed by atoms with Crippen LogP contribution in [-0.4, -0.2) is 59.7 Å². The van der Waals surface area contributed by atoms with Crippen LogP contribution in [0.3, 0.4) is 0 Å². The van der Waals surface area contributed by atoms with Crippen molar-refractivity contribution in [2.45, 2.75) is 45.6 Å². The maximum absolute atomic E-state index is 12.6. The van der Waals surface area contributed by atoms with Crippen LogP contribution in [0.1, 0.15) is 44.7 Å². The van der Waals surface area contributed by atoms with Gasteiger partial charge in [-0.25, -0.2) is 0 Å². The van der Waals surface area contributed by atoms with E-state index in [4.69, 9.17) is 4.74 Å². The third kappa shape index (κ3) is 6.29. The molecule has 0 spiro atoms. The molecule has 1 aliphatic heterocycles. The van der Waals surface area contributed by atoms with Crippen LogP contribution in [0.2, 0.25) is 0 Å². The third-order valence-corrected chi connectivity index (χ3v) is 4.76. The second kappa shape index (κ2) is 10.5. The number of aromatic nitrogens is 1. The topological polar surface area (TPSA) is 37.7 Å². The lowest BCUT2D eigenvalue weighted by Gasteiger charge is -2.28. The standard InChI is InChI=1S/C19H33N3O2/c1-3-4-5-9-19(23)22(17-18-8-6-10-20(18)2)12-7-11-21-13-15-24-16-14-21/h6,8,10H,3-5,7,9,11-17H2,1-2H3. The Balaban J connectivity index is 1.83. The number of morpholine rings is 1. The van der Waals surface area contributed by atoms with Gasteiger partial charge in [-0.05, 0) is 25.0 Å². The van der Waals surface area contributed by atoms with Crippen molar-refractivity contribution in [2.75, 3.05) is 39.4 Å². The van der Waals surface area contributed by atoms with Crippen LogP contribution in [0.25, 0.3) is 0 Å². The summed E-state index contributed by atoms with van der Waals surface area (Å²) in [4.78, 5) is 17.1. The molecular formula is C19H33N3O2. The monoisotopic (exact) mass is 335 g/mol. The molecule has 136 valence electrons. The summed E-state index contributed by atoms with van der Waals surface area (Å²) in [5.74, 6) is 0.298. The fourth-order valence-electron chi connectivity index (χ4n) is 3.14. The van der Waals surface area contributed by atoms with Crippen LogP contribution in [0.15, 0.2) is 18.3 Å². The lowest BCUT2D eigenvalue weighted by Crippen LogP contribution is -2.39. The average molecular weight is 335 g/mol. The molecule has 5 nitrogen and oxygen atoms in total. The molecule has 0 aliphatic carbocycles. The van der Waals surface area contributed by atoms with Gasteiger partial charge in [0, 0.05) is 51.5 Å². The molecule has 2 heterocycles. The van der Waals surface area contributed by atoms with E-state index in [0.717, 1.165) is 71.6 Å². The largest absolute Gasteiger partial charge is 0.379 e. The Morgan fingerprint density at radius 1 is 1.25 bits per heavy atom. The van der Waals surface area contributed by atoms with E-state index in [1.165, 1.54) is 5.69 Å². The van der Waals surface area contributed by atoms with E-state index in [1.54, 1.807) is 0 Å². The van der Waals surface area contributed by atoms with E-state index in [1.807, 2.05) is 24.2 Å². The molecule has 1 fully saturated rings. The summed E-state index contributed by atoms with van der Waals surface area (Å²) in [7, 11) is 2.04. The Morgan fingerprint density at radius 3 is 2.71 bits per heavy atom. The minimum Gasteiger partial charge on any atom is -0.379 e. The second-order valence-corrected chi connectivity index (χ2v) is 6.69. The number of hydrogen-bond donors (Lipinski definition) is 0. The average Bonchev–Trinajstić information content (AvgIpc) is 3.00. The fraction of sp³-hybridized carbons (Fsp3) is 0.737. The van der Waals surface area contributed by atoms with Crippen LogP contribution < -0.4 is 0 Å². The van der Waals surface area contributed by atoms with Crippen LogP contribution in [0.4, 0.5) is 0 Å². The molecule has 0 unspecified atom stereocenters. The smallest absolute Gasteiger partial charge is 0.222 e. The molecule has 0 bridgehead atoms. The van der Waals surface area contributed by atoms with Gasteiger partial charge in [-0.3, -0.25) is 9.69 Å². The van der Waals surface area contributed by atoms with Gasteiger partial charge in [-0.1, -0.05) is 19.8 Å². The van der Waals surface area contributed by atoms with Gasteiger partial charge in [0.2, 0.25) is 5.91 Å². The van der Waals surface area contributed by atoms with E-state index in [-0.39, 0.29) is 0 Å². The van der Waals surface area contributed by atoms with E-state index in [2.05, 4.69) is 22.5 Å². The lowest BCUT2D eigenvalue weighted by atomic mass is 10.2. The van der Waals surface area contributed by atoms with Crippen molar-refractivity contribution < 1.29 is 9.53 Å². The van der Waals surface area contributed by atoms with Crippen molar-refractivity contribution in [1.82, 2.24) is 14.4 Å². The highest BCUT2D eigenvalue weighted by molar-refractivity contribution is 5.76. The van der Waals surface area contributed by atoms with Crippen molar-refractivity contribution in [3.05, 3.63) is 24.0 Å². The Labute approximate surface area is 146 Å². The number of rotatable bonds is 10. The molecule has 1 amide bonds. The van der Waals surface area contributed by atoms with Crippen LogP contribution >= 0.6 is 0 Å². The summed E-state index contributed by atoms with van der Waals surface area (Å²) < 4.78 is 7.50. The number of aryl methyl sites for hydroxylation is 1. The molecule has 0 N–H and O–H groups in total. The van der Waals surface area contributed by atoms with Gasteiger partial charge < -0.3 is 14.2 Å². The quantitative estimate of drug-likeness (QED) is 0.617. The molecule has 1 aromatic rings. The molecule has 0 aromatic carbocycles. The first-order chi connectivity index (χ1) is 11.7. The number of nitrogens with zero attached hydrogens (tertiary/aromatic N) is 3. The predicted molar refractivity (Wildman–Crippen MR) is 96.8 cm³/mol. The normalized spacial score (nSPS) is 15.6. The molecule has 1 aliphatic rings. The van der Waals surface area contributed by atoms with Gasteiger partial charge in [0.15, 0.2) is 0 Å². The summed E-state index contributed by atoms with van der Waals surface area (Å²) in [6, 6.07) is 4.15.